The first-order chi connectivity index (χ1) is 10.7. The number of fused-ring (bicyclic) bond motifs is 3. The lowest BCUT2D eigenvalue weighted by Crippen LogP contribution is -2.31. The fraction of sp³-hybridized carbons (Fsp3) is 0.308. The fourth-order valence-corrected chi connectivity index (χ4v) is 3.30. The third-order valence-electron chi connectivity index (χ3n) is 3.63. The molecule has 1 aromatic carbocycles. The Bertz CT molecular complexity index is 855. The summed E-state index contributed by atoms with van der Waals surface area (Å²) in [6.07, 6.45) is 0. The highest BCUT2D eigenvalue weighted by Gasteiger charge is 2.28. The van der Waals surface area contributed by atoms with Gasteiger partial charge in [0.15, 0.2) is 0 Å². The van der Waals surface area contributed by atoms with Gasteiger partial charge in [0.2, 0.25) is 17.0 Å². The summed E-state index contributed by atoms with van der Waals surface area (Å²) in [6.45, 7) is 1.43. The van der Waals surface area contributed by atoms with Crippen molar-refractivity contribution in [3.05, 3.63) is 24.3 Å². The minimum Gasteiger partial charge on any atom is -0.308 e. The molecule has 0 atom stereocenters. The lowest BCUT2D eigenvalue weighted by atomic mass is 10.3. The van der Waals surface area contributed by atoms with Gasteiger partial charge in [-0.2, -0.15) is 0 Å². The van der Waals surface area contributed by atoms with E-state index in [9.17, 15) is 4.79 Å². The highest BCUT2D eigenvalue weighted by Crippen LogP contribution is 2.28. The van der Waals surface area contributed by atoms with Crippen LogP contribution in [-0.2, 0) is 18.4 Å². The van der Waals surface area contributed by atoms with E-state index in [1.807, 2.05) is 24.3 Å². The number of carbonyl (C=O) groups is 1. The van der Waals surface area contributed by atoms with E-state index in [1.165, 1.54) is 11.8 Å². The van der Waals surface area contributed by atoms with Gasteiger partial charge in [-0.25, -0.2) is 9.67 Å². The van der Waals surface area contributed by atoms with Crippen LogP contribution >= 0.6 is 11.8 Å². The van der Waals surface area contributed by atoms with Crippen LogP contribution < -0.4 is 4.90 Å². The predicted octanol–water partition coefficient (Wildman–Crippen LogP) is 0.699. The van der Waals surface area contributed by atoms with Gasteiger partial charge < -0.3 is 4.57 Å². The number of aryl methyl sites for hydroxylation is 1. The van der Waals surface area contributed by atoms with Crippen LogP contribution in [0.4, 0.5) is 5.95 Å². The lowest BCUT2D eigenvalue weighted by molar-refractivity contribution is -0.116. The number of anilines is 1. The fourth-order valence-electron chi connectivity index (χ4n) is 2.57. The molecule has 2 aromatic heterocycles. The molecule has 3 heterocycles. The van der Waals surface area contributed by atoms with Crippen LogP contribution in [0.3, 0.4) is 0 Å². The van der Waals surface area contributed by atoms with Crippen molar-refractivity contribution in [2.75, 3.05) is 17.2 Å². The molecule has 112 valence electrons. The van der Waals surface area contributed by atoms with Crippen LogP contribution in [0.5, 0.6) is 0 Å². The van der Waals surface area contributed by atoms with Crippen molar-refractivity contribution < 1.29 is 4.79 Å². The van der Waals surface area contributed by atoms with E-state index in [0.29, 0.717) is 11.7 Å². The van der Waals surface area contributed by atoms with Crippen LogP contribution in [0.1, 0.15) is 0 Å². The van der Waals surface area contributed by atoms with Crippen molar-refractivity contribution in [1.82, 2.24) is 29.8 Å². The maximum Gasteiger partial charge on any atom is 0.239 e. The molecular formula is C13H13N7OS. The zero-order valence-electron chi connectivity index (χ0n) is 11.9. The topological polar surface area (TPSA) is 81.7 Å². The number of carbonyl (C=O) groups excluding carboxylic acids is 1. The maximum absolute atomic E-state index is 12.5. The van der Waals surface area contributed by atoms with Crippen LogP contribution in [-0.4, -0.2) is 48.0 Å². The largest absolute Gasteiger partial charge is 0.308 e. The number of para-hydroxylation sites is 2. The molecule has 0 fully saturated rings. The second kappa shape index (κ2) is 5.09. The third kappa shape index (κ3) is 2.05. The van der Waals surface area contributed by atoms with E-state index < -0.39 is 0 Å². The van der Waals surface area contributed by atoms with Gasteiger partial charge in [0.25, 0.3) is 0 Å². The number of rotatable bonds is 3. The molecule has 0 N–H and O–H groups in total. The van der Waals surface area contributed by atoms with Crippen LogP contribution in [0.2, 0.25) is 0 Å². The van der Waals surface area contributed by atoms with Crippen molar-refractivity contribution in [3.8, 4) is 0 Å². The molecule has 0 bridgehead atoms. The molecule has 22 heavy (non-hydrogen) atoms. The minimum absolute atomic E-state index is 0.0158. The zero-order valence-corrected chi connectivity index (χ0v) is 12.7. The van der Waals surface area contributed by atoms with Gasteiger partial charge >= 0.3 is 0 Å². The number of aromatic nitrogens is 6. The second-order valence-corrected chi connectivity index (χ2v) is 5.91. The van der Waals surface area contributed by atoms with Gasteiger partial charge in [-0.1, -0.05) is 23.9 Å². The standard InChI is InChI=1S/C13H13N7OS/c1-18-13(15-16-17-18)22-8-11(21)20-7-6-19-10-5-3-2-4-9(10)14-12(19)20/h2-5H,6-8H2,1H3. The van der Waals surface area contributed by atoms with E-state index in [1.54, 1.807) is 16.6 Å². The Labute approximate surface area is 130 Å². The normalized spacial score (nSPS) is 13.8. The number of thioether (sulfide) groups is 1. The van der Waals surface area contributed by atoms with Gasteiger partial charge in [0.1, 0.15) is 0 Å². The SMILES string of the molecule is Cn1nnnc1SCC(=O)N1CCn2c1nc1ccccc12. The van der Waals surface area contributed by atoms with E-state index in [4.69, 9.17) is 0 Å². The molecule has 4 rings (SSSR count). The first-order valence-electron chi connectivity index (χ1n) is 6.85. The third-order valence-corrected chi connectivity index (χ3v) is 4.63. The van der Waals surface area contributed by atoms with Gasteiger partial charge in [-0.05, 0) is 22.6 Å². The molecule has 1 amide bonds. The summed E-state index contributed by atoms with van der Waals surface area (Å²) in [4.78, 5) is 18.8. The van der Waals surface area contributed by atoms with Gasteiger partial charge in [-0.3, -0.25) is 9.69 Å². The predicted molar refractivity (Wildman–Crippen MR) is 81.6 cm³/mol. The van der Waals surface area contributed by atoms with Crippen LogP contribution in [0, 0.1) is 0 Å². The summed E-state index contributed by atoms with van der Waals surface area (Å²) in [5.74, 6) is 1.03. The lowest BCUT2D eigenvalue weighted by Gasteiger charge is -2.12. The quantitative estimate of drug-likeness (QED) is 0.662. The molecule has 0 aliphatic carbocycles. The van der Waals surface area contributed by atoms with Crippen molar-refractivity contribution in [2.45, 2.75) is 11.7 Å². The summed E-state index contributed by atoms with van der Waals surface area (Å²) in [5, 5.41) is 11.8. The number of hydrogen-bond acceptors (Lipinski definition) is 6. The van der Waals surface area contributed by atoms with E-state index in [0.717, 1.165) is 23.5 Å². The Morgan fingerprint density at radius 1 is 1.32 bits per heavy atom. The summed E-state index contributed by atoms with van der Waals surface area (Å²) in [5.41, 5.74) is 1.98. The van der Waals surface area contributed by atoms with Crippen LogP contribution in [0.15, 0.2) is 29.4 Å². The molecular weight excluding hydrogens is 302 g/mol. The van der Waals surface area contributed by atoms with E-state index in [2.05, 4.69) is 25.1 Å². The molecule has 9 heteroatoms. The number of imidazole rings is 1. The molecule has 8 nitrogen and oxygen atoms in total. The average Bonchev–Trinajstić information content (AvgIpc) is 3.19. The highest BCUT2D eigenvalue weighted by atomic mass is 32.2. The molecule has 3 aromatic rings. The van der Waals surface area contributed by atoms with E-state index >= 15 is 0 Å². The molecule has 1 aliphatic heterocycles. The number of hydrogen-bond donors (Lipinski definition) is 0. The van der Waals surface area contributed by atoms with Crippen molar-refractivity contribution in [2.24, 2.45) is 7.05 Å². The van der Waals surface area contributed by atoms with Crippen molar-refractivity contribution in [3.63, 3.8) is 0 Å². The van der Waals surface area contributed by atoms with Crippen LogP contribution in [0.25, 0.3) is 11.0 Å². The zero-order chi connectivity index (χ0) is 15.1. The van der Waals surface area contributed by atoms with Crippen molar-refractivity contribution in [1.29, 1.82) is 0 Å². The molecule has 1 aliphatic rings. The monoisotopic (exact) mass is 315 g/mol. The molecule has 0 saturated heterocycles. The van der Waals surface area contributed by atoms with Gasteiger partial charge in [0.05, 0.1) is 16.8 Å². The first-order valence-corrected chi connectivity index (χ1v) is 7.83. The Morgan fingerprint density at radius 3 is 3.00 bits per heavy atom. The highest BCUT2D eigenvalue weighted by molar-refractivity contribution is 7.99. The van der Waals surface area contributed by atoms with Crippen molar-refractivity contribution >= 4 is 34.7 Å². The Kier molecular flexibility index (Phi) is 3.07. The molecule has 0 saturated carbocycles. The number of tetrazole rings is 1. The summed E-state index contributed by atoms with van der Waals surface area (Å²) >= 11 is 1.33. The molecule has 0 unspecified atom stereocenters. The maximum atomic E-state index is 12.5. The minimum atomic E-state index is 0.0158. The Morgan fingerprint density at radius 2 is 2.18 bits per heavy atom. The average molecular weight is 315 g/mol. The van der Waals surface area contributed by atoms with Gasteiger partial charge in [0, 0.05) is 20.1 Å². The Balaban J connectivity index is 1.55. The molecule has 0 radical (unpaired) electrons. The summed E-state index contributed by atoms with van der Waals surface area (Å²) < 4.78 is 3.64. The summed E-state index contributed by atoms with van der Waals surface area (Å²) in [6, 6.07) is 7.93. The first kappa shape index (κ1) is 13.3. The molecule has 0 spiro atoms. The summed E-state index contributed by atoms with van der Waals surface area (Å²) in [7, 11) is 1.75. The Hall–Kier alpha value is -2.42. The van der Waals surface area contributed by atoms with E-state index in [-0.39, 0.29) is 11.7 Å². The number of amides is 1. The van der Waals surface area contributed by atoms with Gasteiger partial charge in [-0.15, -0.1) is 5.10 Å². The smallest absolute Gasteiger partial charge is 0.239 e. The second-order valence-electron chi connectivity index (χ2n) is 4.97. The number of benzene rings is 1. The number of nitrogens with zero attached hydrogens (tertiary/aromatic N) is 7.